The lowest BCUT2D eigenvalue weighted by molar-refractivity contribution is -0.785. The van der Waals surface area contributed by atoms with E-state index >= 15 is 0 Å². The van der Waals surface area contributed by atoms with Crippen LogP contribution in [0.25, 0.3) is 0 Å². The number of aliphatic hydroxyl groups excluding tert-OH is 1. The van der Waals surface area contributed by atoms with Crippen molar-refractivity contribution in [2.45, 2.75) is 212 Å². The van der Waals surface area contributed by atoms with Crippen LogP contribution >= 0.6 is 0 Å². The van der Waals surface area contributed by atoms with Crippen LogP contribution in [0.1, 0.15) is 200 Å². The Kier molecular flexibility index (Phi) is 24.0. The maximum atomic E-state index is 13.5. The van der Waals surface area contributed by atoms with Gasteiger partial charge in [-0.1, -0.05) is 168 Å². The van der Waals surface area contributed by atoms with Crippen LogP contribution in [0.2, 0.25) is 0 Å². The molecule has 6 heteroatoms. The van der Waals surface area contributed by atoms with Gasteiger partial charge >= 0.3 is 17.8 Å². The number of quaternary nitrogens is 1. The van der Waals surface area contributed by atoms with E-state index < -0.39 is 22.6 Å². The molecule has 0 aliphatic carbocycles. The van der Waals surface area contributed by atoms with E-state index in [0.717, 1.165) is 25.7 Å². The van der Waals surface area contributed by atoms with Crippen molar-refractivity contribution in [3.8, 4) is 0 Å². The highest BCUT2D eigenvalue weighted by Gasteiger charge is 2.60. The summed E-state index contributed by atoms with van der Waals surface area (Å²) in [4.78, 5) is 39.1. The summed E-state index contributed by atoms with van der Waals surface area (Å²) in [6.07, 6.45) is 31.0. The third-order valence-electron chi connectivity index (χ3n) is 9.75. The molecule has 0 aromatic rings. The van der Waals surface area contributed by atoms with Gasteiger partial charge < -0.3 is 10.2 Å². The van der Waals surface area contributed by atoms with E-state index in [9.17, 15) is 24.6 Å². The van der Waals surface area contributed by atoms with Crippen LogP contribution in [0.5, 0.6) is 0 Å². The number of carbonyl (C=O) groups is 3. The van der Waals surface area contributed by atoms with Crippen LogP contribution in [0, 0.1) is 0 Å². The predicted molar refractivity (Wildman–Crippen MR) is 178 cm³/mol. The van der Waals surface area contributed by atoms with E-state index in [1.165, 1.54) is 128 Å². The molecule has 0 spiro atoms. The average molecular weight is 609 g/mol. The second-order valence-corrected chi connectivity index (χ2v) is 13.5. The third kappa shape index (κ3) is 16.6. The van der Waals surface area contributed by atoms with Gasteiger partial charge in [0, 0.05) is 6.42 Å². The molecule has 252 valence electrons. The number of imide groups is 1. The fourth-order valence-electron chi connectivity index (χ4n) is 6.97. The Morgan fingerprint density at radius 3 is 1.07 bits per heavy atom. The van der Waals surface area contributed by atoms with Gasteiger partial charge in [0.2, 0.25) is 6.04 Å². The molecular formula is C37H70NO5+. The molecule has 0 aromatic heterocycles. The fraction of sp³-hybridized carbons (Fsp3) is 0.919. The van der Waals surface area contributed by atoms with Crippen molar-refractivity contribution >= 4 is 17.8 Å². The largest absolute Gasteiger partial charge is 0.477 e. The normalized spacial score (nSPS) is 17.8. The molecule has 6 nitrogen and oxygen atoms in total. The molecule has 2 N–H and O–H groups in total. The Morgan fingerprint density at radius 2 is 0.791 bits per heavy atom. The van der Waals surface area contributed by atoms with Gasteiger partial charge in [-0.3, -0.25) is 0 Å². The highest BCUT2D eigenvalue weighted by Crippen LogP contribution is 2.32. The van der Waals surface area contributed by atoms with Gasteiger partial charge in [-0.15, -0.1) is 0 Å². The molecule has 1 saturated heterocycles. The number of carboxylic acids is 1. The van der Waals surface area contributed by atoms with Crippen molar-refractivity contribution in [1.82, 2.24) is 0 Å². The topological polar surface area (TPSA) is 91.7 Å². The van der Waals surface area contributed by atoms with Crippen molar-refractivity contribution in [2.24, 2.45) is 0 Å². The zero-order valence-corrected chi connectivity index (χ0v) is 28.4. The lowest BCUT2D eigenvalue weighted by Crippen LogP contribution is -2.64. The minimum absolute atomic E-state index is 0.118. The van der Waals surface area contributed by atoms with E-state index in [0.29, 0.717) is 12.8 Å². The monoisotopic (exact) mass is 609 g/mol. The Balaban J connectivity index is 2.32. The number of rotatable bonds is 29. The SMILES string of the molecule is CCCCCCCCCCCCCCCC(=O)[N+]1(C(=O)CCCCCCCCCCCCCCC)CCC(O)[C@H]1C(=O)O. The summed E-state index contributed by atoms with van der Waals surface area (Å²) >= 11 is 0. The number of carbonyl (C=O) groups excluding carboxylic acids is 2. The second-order valence-electron chi connectivity index (χ2n) is 13.5. The van der Waals surface area contributed by atoms with Crippen LogP contribution < -0.4 is 0 Å². The maximum Gasteiger partial charge on any atom is 0.366 e. The average Bonchev–Trinajstić information content (AvgIpc) is 3.36. The third-order valence-corrected chi connectivity index (χ3v) is 9.75. The first kappa shape index (κ1) is 39.8. The number of aliphatic carboxylic acids is 1. The first-order valence-corrected chi connectivity index (χ1v) is 18.8. The summed E-state index contributed by atoms with van der Waals surface area (Å²) in [7, 11) is 0. The Morgan fingerprint density at radius 1 is 0.512 bits per heavy atom. The zero-order valence-electron chi connectivity index (χ0n) is 28.4. The number of nitrogens with zero attached hydrogens (tertiary/aromatic N) is 1. The van der Waals surface area contributed by atoms with Crippen LogP contribution in [0.4, 0.5) is 0 Å². The summed E-state index contributed by atoms with van der Waals surface area (Å²) < 4.78 is -0.674. The van der Waals surface area contributed by atoms with Crippen LogP contribution in [0.15, 0.2) is 0 Å². The molecule has 43 heavy (non-hydrogen) atoms. The molecule has 0 saturated carbocycles. The van der Waals surface area contributed by atoms with Gasteiger partial charge in [-0.25, -0.2) is 14.4 Å². The molecule has 1 unspecified atom stereocenters. The molecule has 1 aliphatic heterocycles. The van der Waals surface area contributed by atoms with E-state index in [1.807, 2.05) is 0 Å². The standard InChI is InChI=1S/C37H69NO5/c1-3-5-7-9-11-13-15-17-19-21-23-25-27-29-34(40)38(32-31-33(39)36(38)37(42)43)35(41)30-28-26-24-22-20-18-16-14-12-10-8-6-4-2/h33,36,39H,3-32H2,1-2H3/p+1/t33?,36-/m0/s1. The number of amides is 2. The quantitative estimate of drug-likeness (QED) is 0.0651. The zero-order chi connectivity index (χ0) is 31.6. The highest BCUT2D eigenvalue weighted by molar-refractivity contribution is 5.89. The van der Waals surface area contributed by atoms with Gasteiger partial charge in [0.25, 0.3) is 0 Å². The summed E-state index contributed by atoms with van der Waals surface area (Å²) in [5, 5.41) is 20.4. The number of likely N-dealkylation sites (tertiary alicyclic amines) is 1. The molecule has 0 aromatic carbocycles. The number of hydrogen-bond acceptors (Lipinski definition) is 4. The predicted octanol–water partition coefficient (Wildman–Crippen LogP) is 10.0. The van der Waals surface area contributed by atoms with Crippen LogP contribution in [-0.2, 0) is 14.4 Å². The summed E-state index contributed by atoms with van der Waals surface area (Å²) in [5.74, 6) is -1.83. The fourth-order valence-corrected chi connectivity index (χ4v) is 6.97. The van der Waals surface area contributed by atoms with Crippen molar-refractivity contribution in [3.63, 3.8) is 0 Å². The highest BCUT2D eigenvalue weighted by atomic mass is 16.4. The summed E-state index contributed by atoms with van der Waals surface area (Å²) in [6, 6.07) is -1.36. The van der Waals surface area contributed by atoms with Gasteiger partial charge in [-0.05, 0) is 12.8 Å². The lowest BCUT2D eigenvalue weighted by Gasteiger charge is -2.33. The first-order valence-electron chi connectivity index (χ1n) is 18.8. The minimum atomic E-state index is -1.36. The minimum Gasteiger partial charge on any atom is -0.477 e. The van der Waals surface area contributed by atoms with Crippen LogP contribution in [-0.4, -0.2) is 51.2 Å². The van der Waals surface area contributed by atoms with E-state index in [4.69, 9.17) is 0 Å². The first-order chi connectivity index (χ1) is 20.9. The van der Waals surface area contributed by atoms with Crippen molar-refractivity contribution < 1.29 is 29.1 Å². The molecule has 2 amide bonds. The molecule has 2 atom stereocenters. The Hall–Kier alpha value is -1.27. The maximum absolute atomic E-state index is 13.5. The van der Waals surface area contributed by atoms with Gasteiger partial charge in [0.1, 0.15) is 6.10 Å². The number of aliphatic hydroxyl groups is 1. The van der Waals surface area contributed by atoms with Crippen molar-refractivity contribution in [3.05, 3.63) is 0 Å². The summed E-state index contributed by atoms with van der Waals surface area (Å²) in [6.45, 7) is 4.62. The van der Waals surface area contributed by atoms with E-state index in [-0.39, 0.29) is 37.6 Å². The van der Waals surface area contributed by atoms with Gasteiger partial charge in [-0.2, -0.15) is 4.48 Å². The number of hydrogen-bond donors (Lipinski definition) is 2. The van der Waals surface area contributed by atoms with Gasteiger partial charge in [0.15, 0.2) is 0 Å². The smallest absolute Gasteiger partial charge is 0.366 e. The Bertz CT molecular complexity index is 682. The molecule has 1 fully saturated rings. The molecule has 0 bridgehead atoms. The van der Waals surface area contributed by atoms with Crippen molar-refractivity contribution in [2.75, 3.05) is 6.54 Å². The van der Waals surface area contributed by atoms with E-state index in [1.54, 1.807) is 0 Å². The Labute approximate surface area is 265 Å². The second kappa shape index (κ2) is 26.0. The molecule has 1 heterocycles. The number of carboxylic acid groups (broad SMARTS) is 1. The van der Waals surface area contributed by atoms with Gasteiger partial charge in [0.05, 0.1) is 19.4 Å². The van der Waals surface area contributed by atoms with Crippen molar-refractivity contribution in [1.29, 1.82) is 0 Å². The lowest BCUT2D eigenvalue weighted by atomic mass is 10.0. The van der Waals surface area contributed by atoms with Crippen LogP contribution in [0.3, 0.4) is 0 Å². The molecular weight excluding hydrogens is 538 g/mol. The molecule has 0 radical (unpaired) electrons. The van der Waals surface area contributed by atoms with E-state index in [2.05, 4.69) is 13.8 Å². The molecule has 1 aliphatic rings. The molecule has 1 rings (SSSR count). The summed E-state index contributed by atoms with van der Waals surface area (Å²) in [5.41, 5.74) is 0. The number of unbranched alkanes of at least 4 members (excludes halogenated alkanes) is 24.